The number of carbonyl (C=O) groups is 4. The van der Waals surface area contributed by atoms with Crippen molar-refractivity contribution in [2.75, 3.05) is 39.6 Å². The van der Waals surface area contributed by atoms with Crippen molar-refractivity contribution in [3.05, 3.63) is 0 Å². The van der Waals surface area contributed by atoms with Gasteiger partial charge < -0.3 is 33.8 Å². The van der Waals surface area contributed by atoms with Gasteiger partial charge in [0.15, 0.2) is 12.2 Å². The molecule has 0 bridgehead atoms. The summed E-state index contributed by atoms with van der Waals surface area (Å²) in [5.74, 6) is 0.942. The molecule has 19 heteroatoms. The highest BCUT2D eigenvalue weighted by atomic mass is 31.2. The first-order valence-corrected chi connectivity index (χ1v) is 44.2. The molecular weight excluding hydrogens is 1290 g/mol. The van der Waals surface area contributed by atoms with Crippen molar-refractivity contribution in [3.63, 3.8) is 0 Å². The molecular formula is C80H156O17P2. The Hall–Kier alpha value is -1.94. The lowest BCUT2D eigenvalue weighted by molar-refractivity contribution is -0.161. The highest BCUT2D eigenvalue weighted by molar-refractivity contribution is 7.47. The zero-order valence-corrected chi connectivity index (χ0v) is 66.9. The maximum absolute atomic E-state index is 13.1. The molecule has 0 spiro atoms. The second-order valence-corrected chi connectivity index (χ2v) is 33.6. The van der Waals surface area contributed by atoms with Gasteiger partial charge in [-0.2, -0.15) is 0 Å². The molecule has 0 rings (SSSR count). The number of unbranched alkanes of at least 4 members (excludes halogenated alkanes) is 43. The highest BCUT2D eigenvalue weighted by Gasteiger charge is 2.30. The average Bonchev–Trinajstić information content (AvgIpc) is 1.12. The van der Waals surface area contributed by atoms with Crippen molar-refractivity contribution in [2.45, 2.75) is 427 Å². The molecule has 3 unspecified atom stereocenters. The maximum atomic E-state index is 13.1. The second-order valence-electron chi connectivity index (χ2n) is 30.7. The Bertz CT molecular complexity index is 1940. The molecule has 0 aliphatic heterocycles. The lowest BCUT2D eigenvalue weighted by Gasteiger charge is -2.21. The quantitative estimate of drug-likeness (QED) is 0.0222. The van der Waals surface area contributed by atoms with E-state index in [2.05, 4.69) is 55.4 Å². The summed E-state index contributed by atoms with van der Waals surface area (Å²) in [5.41, 5.74) is 0. The Morgan fingerprint density at radius 1 is 0.253 bits per heavy atom. The molecule has 0 aromatic rings. The zero-order valence-electron chi connectivity index (χ0n) is 65.1. The van der Waals surface area contributed by atoms with Crippen molar-refractivity contribution in [1.29, 1.82) is 0 Å². The number of hydrogen-bond donors (Lipinski definition) is 3. The van der Waals surface area contributed by atoms with Crippen molar-refractivity contribution in [3.8, 4) is 0 Å². The van der Waals surface area contributed by atoms with Crippen LogP contribution in [-0.4, -0.2) is 96.7 Å². The zero-order chi connectivity index (χ0) is 73.1. The van der Waals surface area contributed by atoms with Gasteiger partial charge in [-0.1, -0.05) is 357 Å². The Labute approximate surface area is 607 Å². The lowest BCUT2D eigenvalue weighted by atomic mass is 10.0. The predicted octanol–water partition coefficient (Wildman–Crippen LogP) is 23.6. The molecule has 0 heterocycles. The average molecular weight is 1450 g/mol. The summed E-state index contributed by atoms with van der Waals surface area (Å²) in [6.07, 6.45) is 55.7. The molecule has 3 N–H and O–H groups in total. The predicted molar refractivity (Wildman–Crippen MR) is 404 cm³/mol. The normalized spacial score (nSPS) is 14.1. The van der Waals surface area contributed by atoms with E-state index < -0.39 is 97.5 Å². The van der Waals surface area contributed by atoms with Crippen LogP contribution in [-0.2, 0) is 65.4 Å². The minimum absolute atomic E-state index is 0.105. The molecule has 99 heavy (non-hydrogen) atoms. The Balaban J connectivity index is 5.20. The fourth-order valence-electron chi connectivity index (χ4n) is 12.3. The molecule has 0 saturated carbocycles. The third-order valence-electron chi connectivity index (χ3n) is 18.6. The number of phosphoric ester groups is 2. The molecule has 0 amide bonds. The van der Waals surface area contributed by atoms with Crippen LogP contribution in [0.3, 0.4) is 0 Å². The van der Waals surface area contributed by atoms with E-state index in [0.29, 0.717) is 31.6 Å². The Morgan fingerprint density at radius 3 is 0.626 bits per heavy atom. The molecule has 0 aliphatic carbocycles. The number of esters is 4. The van der Waals surface area contributed by atoms with Crippen LogP contribution < -0.4 is 0 Å². The van der Waals surface area contributed by atoms with Gasteiger partial charge in [0, 0.05) is 25.7 Å². The number of aliphatic hydroxyl groups is 1. The third kappa shape index (κ3) is 74.1. The van der Waals surface area contributed by atoms with E-state index in [0.717, 1.165) is 114 Å². The first-order chi connectivity index (χ1) is 47.6. The number of aliphatic hydroxyl groups excluding tert-OH is 1. The molecule has 17 nitrogen and oxygen atoms in total. The van der Waals surface area contributed by atoms with Crippen LogP contribution in [0.4, 0.5) is 0 Å². The largest absolute Gasteiger partial charge is 0.472 e. The van der Waals surface area contributed by atoms with Crippen molar-refractivity contribution >= 4 is 39.5 Å². The summed E-state index contributed by atoms with van der Waals surface area (Å²) < 4.78 is 68.6. The minimum atomic E-state index is -4.96. The summed E-state index contributed by atoms with van der Waals surface area (Å²) in [4.78, 5) is 72.9. The first-order valence-electron chi connectivity index (χ1n) is 41.2. The summed E-state index contributed by atoms with van der Waals surface area (Å²) in [6.45, 7) is 14.2. The summed E-state index contributed by atoms with van der Waals surface area (Å²) >= 11 is 0. The molecule has 588 valence electrons. The number of hydrogen-bond acceptors (Lipinski definition) is 15. The summed E-state index contributed by atoms with van der Waals surface area (Å²) in [7, 11) is -9.92. The topological polar surface area (TPSA) is 237 Å². The first kappa shape index (κ1) is 97.1. The Kier molecular flexibility index (Phi) is 67.8. The van der Waals surface area contributed by atoms with Crippen LogP contribution in [0.2, 0.25) is 0 Å². The highest BCUT2D eigenvalue weighted by Crippen LogP contribution is 2.45. The van der Waals surface area contributed by atoms with E-state index in [1.54, 1.807) is 0 Å². The fourth-order valence-corrected chi connectivity index (χ4v) is 13.8. The van der Waals surface area contributed by atoms with Crippen LogP contribution in [0.1, 0.15) is 409 Å². The van der Waals surface area contributed by atoms with E-state index in [1.807, 2.05) is 0 Å². The van der Waals surface area contributed by atoms with Crippen molar-refractivity contribution in [2.24, 2.45) is 23.7 Å². The van der Waals surface area contributed by atoms with Gasteiger partial charge in [0.2, 0.25) is 0 Å². The SMILES string of the molecule is CC(C)CCCCCCCCCCCCCCCCCCCCC(=O)OC[C@H](COP(=O)(O)OCC(O)COP(=O)(O)OC[C@@H](COC(=O)CCCCCCCCCC(C)C)OC(=O)CCCCCCCCCCCCCC(C)C)OC(=O)CCCCCCCCCCCCCC(C)C. The molecule has 5 atom stereocenters. The van der Waals surface area contributed by atoms with Gasteiger partial charge in [-0.3, -0.25) is 37.3 Å². The van der Waals surface area contributed by atoms with Crippen LogP contribution in [0.25, 0.3) is 0 Å². The fraction of sp³-hybridized carbons (Fsp3) is 0.950. The monoisotopic (exact) mass is 1450 g/mol. The van der Waals surface area contributed by atoms with Gasteiger partial charge in [0.05, 0.1) is 26.4 Å². The molecule has 0 aliphatic rings. The van der Waals surface area contributed by atoms with E-state index in [4.69, 9.17) is 37.0 Å². The standard InChI is InChI=1S/C80H156O17P2/c1-70(2)56-48-40-32-25-19-15-13-11-9-10-12-14-16-22-28-36-44-52-60-77(82)90-66-75(96-79(84)62-54-46-37-29-23-17-20-26-33-41-49-57-71(3)4)68-94-98(86,87)92-64-74(81)65-93-99(88,89)95-69-76(67-91-78(83)61-53-45-39-31-35-43-51-59-73(7)8)97-80(85)63-55-47-38-30-24-18-21-27-34-42-50-58-72(5)6/h70-76,81H,9-69H2,1-8H3,(H,86,87)(H,88,89)/t74?,75-,76-/m1/s1. The van der Waals surface area contributed by atoms with Gasteiger partial charge in [-0.15, -0.1) is 0 Å². The Morgan fingerprint density at radius 2 is 0.424 bits per heavy atom. The third-order valence-corrected chi connectivity index (χ3v) is 20.5. The molecule has 0 saturated heterocycles. The van der Waals surface area contributed by atoms with Crippen molar-refractivity contribution < 1.29 is 80.2 Å². The molecule has 0 fully saturated rings. The van der Waals surface area contributed by atoms with Crippen LogP contribution in [0.5, 0.6) is 0 Å². The summed E-state index contributed by atoms with van der Waals surface area (Å²) in [5, 5.41) is 10.6. The number of phosphoric acid groups is 2. The van der Waals surface area contributed by atoms with Crippen LogP contribution in [0.15, 0.2) is 0 Å². The molecule has 0 aromatic heterocycles. The maximum Gasteiger partial charge on any atom is 0.472 e. The van der Waals surface area contributed by atoms with Gasteiger partial charge in [0.1, 0.15) is 19.3 Å². The minimum Gasteiger partial charge on any atom is -0.462 e. The second kappa shape index (κ2) is 69.1. The van der Waals surface area contributed by atoms with E-state index in [1.165, 1.54) is 205 Å². The van der Waals surface area contributed by atoms with Gasteiger partial charge >= 0.3 is 39.5 Å². The van der Waals surface area contributed by atoms with E-state index in [-0.39, 0.29) is 25.7 Å². The number of ether oxygens (including phenoxy) is 4. The number of carbonyl (C=O) groups excluding carboxylic acids is 4. The smallest absolute Gasteiger partial charge is 0.462 e. The lowest BCUT2D eigenvalue weighted by Crippen LogP contribution is -2.30. The van der Waals surface area contributed by atoms with Crippen LogP contribution in [0, 0.1) is 23.7 Å². The van der Waals surface area contributed by atoms with Gasteiger partial charge in [-0.25, -0.2) is 9.13 Å². The van der Waals surface area contributed by atoms with E-state index in [9.17, 15) is 43.2 Å². The van der Waals surface area contributed by atoms with Crippen LogP contribution >= 0.6 is 15.6 Å². The van der Waals surface area contributed by atoms with E-state index >= 15 is 0 Å². The van der Waals surface area contributed by atoms with Crippen molar-refractivity contribution in [1.82, 2.24) is 0 Å². The number of rotatable bonds is 77. The molecule has 0 aromatic carbocycles. The van der Waals surface area contributed by atoms with Gasteiger partial charge in [0.25, 0.3) is 0 Å². The summed E-state index contributed by atoms with van der Waals surface area (Å²) in [6, 6.07) is 0. The molecule has 0 radical (unpaired) electrons. The van der Waals surface area contributed by atoms with Gasteiger partial charge in [-0.05, 0) is 49.4 Å².